The van der Waals surface area contributed by atoms with E-state index in [9.17, 15) is 9.90 Å². The molecule has 1 unspecified atom stereocenters. The fourth-order valence-corrected chi connectivity index (χ4v) is 1.71. The van der Waals surface area contributed by atoms with Gasteiger partial charge in [-0.05, 0) is 11.6 Å². The maximum absolute atomic E-state index is 11.3. The number of aromatic nitrogens is 4. The number of rotatable bonds is 6. The van der Waals surface area contributed by atoms with Crippen molar-refractivity contribution >= 4 is 5.97 Å². The van der Waals surface area contributed by atoms with Crippen molar-refractivity contribution in [3.05, 3.63) is 5.82 Å². The van der Waals surface area contributed by atoms with Gasteiger partial charge in [0.2, 0.25) is 0 Å². The molecule has 90 valence electrons. The Morgan fingerprint density at radius 1 is 1.62 bits per heavy atom. The minimum Gasteiger partial charge on any atom is -0.481 e. The number of aryl methyl sites for hydroxylation is 1. The molecule has 3 N–H and O–H groups in total. The summed E-state index contributed by atoms with van der Waals surface area (Å²) in [6.45, 7) is 2.01. The zero-order chi connectivity index (χ0) is 12.2. The third-order valence-corrected chi connectivity index (χ3v) is 2.62. The molecule has 0 saturated heterocycles. The van der Waals surface area contributed by atoms with Gasteiger partial charge in [-0.2, -0.15) is 4.80 Å². The van der Waals surface area contributed by atoms with Crippen molar-refractivity contribution in [1.29, 1.82) is 0 Å². The lowest BCUT2D eigenvalue weighted by Crippen LogP contribution is -2.40. The number of hydrogen-bond donors (Lipinski definition) is 2. The third-order valence-electron chi connectivity index (χ3n) is 2.62. The maximum Gasteiger partial charge on any atom is 0.311 e. The highest BCUT2D eigenvalue weighted by atomic mass is 16.4. The molecule has 1 rings (SSSR count). The van der Waals surface area contributed by atoms with Gasteiger partial charge in [-0.25, -0.2) is 0 Å². The number of carboxylic acid groups (broad SMARTS) is 1. The van der Waals surface area contributed by atoms with Crippen molar-refractivity contribution in [2.24, 2.45) is 18.2 Å². The second kappa shape index (κ2) is 5.02. The van der Waals surface area contributed by atoms with Crippen LogP contribution in [0.5, 0.6) is 0 Å². The number of aliphatic carboxylic acids is 1. The van der Waals surface area contributed by atoms with E-state index in [-0.39, 0.29) is 13.0 Å². The van der Waals surface area contributed by atoms with Crippen LogP contribution in [0.4, 0.5) is 0 Å². The van der Waals surface area contributed by atoms with E-state index < -0.39 is 11.4 Å². The quantitative estimate of drug-likeness (QED) is 0.683. The molecule has 0 saturated carbocycles. The molecule has 7 nitrogen and oxygen atoms in total. The monoisotopic (exact) mass is 227 g/mol. The van der Waals surface area contributed by atoms with E-state index in [2.05, 4.69) is 15.4 Å². The van der Waals surface area contributed by atoms with Gasteiger partial charge in [0.15, 0.2) is 5.82 Å². The van der Waals surface area contributed by atoms with Crippen molar-refractivity contribution in [3.8, 4) is 0 Å². The Labute approximate surface area is 93.6 Å². The van der Waals surface area contributed by atoms with E-state index in [0.717, 1.165) is 6.42 Å². The van der Waals surface area contributed by atoms with Gasteiger partial charge in [0.1, 0.15) is 0 Å². The molecule has 1 atom stereocenters. The topological polar surface area (TPSA) is 107 Å². The first kappa shape index (κ1) is 12.6. The molecule has 0 aliphatic carbocycles. The molecule has 7 heteroatoms. The summed E-state index contributed by atoms with van der Waals surface area (Å²) in [6.07, 6.45) is 1.49. The fourth-order valence-electron chi connectivity index (χ4n) is 1.71. The number of nitrogens with two attached hydrogens (primary N) is 1. The van der Waals surface area contributed by atoms with Gasteiger partial charge in [-0.15, -0.1) is 10.2 Å². The first-order valence-corrected chi connectivity index (χ1v) is 5.20. The highest BCUT2D eigenvalue weighted by Crippen LogP contribution is 2.26. The van der Waals surface area contributed by atoms with Gasteiger partial charge in [-0.3, -0.25) is 4.79 Å². The number of hydrogen-bond acceptors (Lipinski definition) is 5. The fraction of sp³-hybridized carbons (Fsp3) is 0.778. The van der Waals surface area contributed by atoms with Crippen LogP contribution in [0.25, 0.3) is 0 Å². The van der Waals surface area contributed by atoms with Gasteiger partial charge in [0, 0.05) is 13.0 Å². The average molecular weight is 227 g/mol. The standard InChI is InChI=1S/C9H17N5O2/c1-3-4-9(6-10,8(15)16)5-7-11-13-14(2)12-7/h3-6,10H2,1-2H3,(H,15,16). The summed E-state index contributed by atoms with van der Waals surface area (Å²) in [5, 5.41) is 20.7. The molecule has 16 heavy (non-hydrogen) atoms. The van der Waals surface area contributed by atoms with E-state index in [1.54, 1.807) is 7.05 Å². The minimum atomic E-state index is -0.974. The first-order valence-electron chi connectivity index (χ1n) is 5.20. The average Bonchev–Trinajstić information content (AvgIpc) is 2.63. The summed E-state index contributed by atoms with van der Waals surface area (Å²) in [7, 11) is 1.64. The number of carboxylic acids is 1. The normalized spacial score (nSPS) is 14.7. The van der Waals surface area contributed by atoms with E-state index >= 15 is 0 Å². The zero-order valence-corrected chi connectivity index (χ0v) is 9.55. The smallest absolute Gasteiger partial charge is 0.311 e. The van der Waals surface area contributed by atoms with Crippen molar-refractivity contribution in [2.75, 3.05) is 6.54 Å². The van der Waals surface area contributed by atoms with Crippen LogP contribution in [0.3, 0.4) is 0 Å². The molecule has 0 amide bonds. The van der Waals surface area contributed by atoms with Gasteiger partial charge in [0.05, 0.1) is 12.5 Å². The van der Waals surface area contributed by atoms with Crippen LogP contribution in [-0.2, 0) is 18.3 Å². The Bertz CT molecular complexity index is 365. The van der Waals surface area contributed by atoms with Crippen molar-refractivity contribution in [3.63, 3.8) is 0 Å². The lowest BCUT2D eigenvalue weighted by molar-refractivity contribution is -0.149. The number of carbonyl (C=O) groups is 1. The maximum atomic E-state index is 11.3. The van der Waals surface area contributed by atoms with Gasteiger partial charge in [0.25, 0.3) is 0 Å². The number of nitrogens with zero attached hydrogens (tertiary/aromatic N) is 4. The summed E-state index contributed by atoms with van der Waals surface area (Å²) in [5.74, 6) is -0.479. The van der Waals surface area contributed by atoms with Crippen molar-refractivity contribution in [2.45, 2.75) is 26.2 Å². The van der Waals surface area contributed by atoms with E-state index in [1.807, 2.05) is 6.92 Å². The Morgan fingerprint density at radius 2 is 2.31 bits per heavy atom. The molecule has 1 aromatic rings. The summed E-state index contributed by atoms with van der Waals surface area (Å²) in [6, 6.07) is 0. The third kappa shape index (κ3) is 2.54. The zero-order valence-electron chi connectivity index (χ0n) is 9.55. The largest absolute Gasteiger partial charge is 0.481 e. The van der Waals surface area contributed by atoms with Crippen LogP contribution in [-0.4, -0.2) is 37.8 Å². The van der Waals surface area contributed by atoms with Gasteiger partial charge >= 0.3 is 5.97 Å². The molecule has 0 spiro atoms. The van der Waals surface area contributed by atoms with E-state index in [0.29, 0.717) is 12.2 Å². The Balaban J connectivity index is 2.89. The number of tetrazole rings is 1. The Hall–Kier alpha value is -1.50. The Morgan fingerprint density at radius 3 is 2.69 bits per heavy atom. The molecule has 0 fully saturated rings. The molecular formula is C9H17N5O2. The van der Waals surface area contributed by atoms with E-state index in [4.69, 9.17) is 5.73 Å². The molecule has 0 aliphatic heterocycles. The van der Waals surface area contributed by atoms with E-state index in [1.165, 1.54) is 4.80 Å². The molecule has 1 heterocycles. The summed E-state index contributed by atoms with van der Waals surface area (Å²) in [4.78, 5) is 12.6. The van der Waals surface area contributed by atoms with Crippen LogP contribution < -0.4 is 5.73 Å². The van der Waals surface area contributed by atoms with Crippen LogP contribution in [0.1, 0.15) is 25.6 Å². The van der Waals surface area contributed by atoms with Crippen LogP contribution >= 0.6 is 0 Å². The summed E-state index contributed by atoms with van der Waals surface area (Å²) >= 11 is 0. The summed E-state index contributed by atoms with van der Waals surface area (Å²) < 4.78 is 0. The SMILES string of the molecule is CCCC(CN)(Cc1nnn(C)n1)C(=O)O. The van der Waals surface area contributed by atoms with Gasteiger partial charge in [-0.1, -0.05) is 13.3 Å². The molecule has 0 bridgehead atoms. The molecule has 0 aromatic carbocycles. The highest BCUT2D eigenvalue weighted by Gasteiger charge is 2.37. The minimum absolute atomic E-state index is 0.0778. The molecule has 0 radical (unpaired) electrons. The predicted octanol–water partition coefficient (Wildman–Crippen LogP) is -0.418. The van der Waals surface area contributed by atoms with Crippen molar-refractivity contribution in [1.82, 2.24) is 20.2 Å². The lowest BCUT2D eigenvalue weighted by Gasteiger charge is -2.25. The molecular weight excluding hydrogens is 210 g/mol. The predicted molar refractivity (Wildman–Crippen MR) is 56.5 cm³/mol. The van der Waals surface area contributed by atoms with Crippen LogP contribution in [0.2, 0.25) is 0 Å². The second-order valence-electron chi connectivity index (χ2n) is 3.91. The van der Waals surface area contributed by atoms with Crippen LogP contribution in [0.15, 0.2) is 0 Å². The molecule has 0 aliphatic rings. The van der Waals surface area contributed by atoms with Gasteiger partial charge < -0.3 is 10.8 Å². The second-order valence-corrected chi connectivity index (χ2v) is 3.91. The molecule has 1 aromatic heterocycles. The summed E-state index contributed by atoms with van der Waals surface area (Å²) in [5.41, 5.74) is 4.61. The van der Waals surface area contributed by atoms with Crippen molar-refractivity contribution < 1.29 is 9.90 Å². The highest BCUT2D eigenvalue weighted by molar-refractivity contribution is 5.75. The Kier molecular flexibility index (Phi) is 3.94. The van der Waals surface area contributed by atoms with Crippen LogP contribution in [0, 0.1) is 5.41 Å². The lowest BCUT2D eigenvalue weighted by atomic mass is 9.80. The first-order chi connectivity index (χ1) is 7.54.